The van der Waals surface area contributed by atoms with Crippen LogP contribution in [-0.2, 0) is 17.3 Å². The molecule has 0 atom stereocenters. The monoisotopic (exact) mass is 243 g/mol. The zero-order valence-corrected chi connectivity index (χ0v) is 10.3. The summed E-state index contributed by atoms with van der Waals surface area (Å²) in [4.78, 5) is 31.3. The molecule has 0 N–H and O–H groups in total. The van der Waals surface area contributed by atoms with Gasteiger partial charge in [0.15, 0.2) is 0 Å². The molecule has 2 aromatic rings. The van der Waals surface area contributed by atoms with Gasteiger partial charge < -0.3 is 9.36 Å². The second kappa shape index (κ2) is 3.48. The molecule has 0 aliphatic heterocycles. The Balaban J connectivity index is 2.31. The zero-order valence-electron chi connectivity index (χ0n) is 10.3. The number of carbonyl (C=O) groups excluding carboxylic acids is 1. The molecule has 1 aliphatic carbocycles. The maximum absolute atomic E-state index is 11.9. The number of aryl methyl sites for hydroxylation is 2. The van der Waals surface area contributed by atoms with Gasteiger partial charge in [-0.05, 0) is 25.8 Å². The predicted octanol–water partition coefficient (Wildman–Crippen LogP) is 0.867. The van der Waals surface area contributed by atoms with Gasteiger partial charge in [-0.1, -0.05) is 0 Å². The van der Waals surface area contributed by atoms with Gasteiger partial charge in [0, 0.05) is 7.05 Å². The summed E-state index contributed by atoms with van der Waals surface area (Å²) in [7, 11) is 1.85. The molecule has 0 saturated heterocycles. The number of aromatic nitrogens is 3. The van der Waals surface area contributed by atoms with Crippen molar-refractivity contribution in [3.05, 3.63) is 34.1 Å². The molecule has 5 heteroatoms. The quantitative estimate of drug-likeness (QED) is 0.734. The van der Waals surface area contributed by atoms with E-state index in [9.17, 15) is 9.59 Å². The molecule has 2 aromatic heterocycles. The molecule has 1 aliphatic rings. The Kier molecular flexibility index (Phi) is 2.14. The van der Waals surface area contributed by atoms with Gasteiger partial charge in [-0.15, -0.1) is 0 Å². The van der Waals surface area contributed by atoms with E-state index in [0.717, 1.165) is 24.6 Å². The lowest BCUT2D eigenvalue weighted by molar-refractivity contribution is -0.109. The van der Waals surface area contributed by atoms with Crippen molar-refractivity contribution in [1.82, 2.24) is 14.5 Å². The molecular weight excluding hydrogens is 230 g/mol. The highest BCUT2D eigenvalue weighted by atomic mass is 16.1. The van der Waals surface area contributed by atoms with Crippen molar-refractivity contribution in [2.45, 2.75) is 25.2 Å². The fraction of sp³-hybridized carbons (Fsp3) is 0.385. The Bertz CT molecular complexity index is 714. The van der Waals surface area contributed by atoms with Crippen LogP contribution >= 0.6 is 0 Å². The Morgan fingerprint density at radius 1 is 1.44 bits per heavy atom. The Labute approximate surface area is 103 Å². The first-order valence-electron chi connectivity index (χ1n) is 5.88. The standard InChI is InChI=1S/C13H13N3O2/c1-8-15-12(18)9-5-11(13(7-17)3-4-13)14-6-10(9)16(8)2/h5-7H,3-4H2,1-2H3. The van der Waals surface area contributed by atoms with E-state index in [1.165, 1.54) is 0 Å². The third-order valence-electron chi connectivity index (χ3n) is 3.75. The molecular formula is C13H13N3O2. The summed E-state index contributed by atoms with van der Waals surface area (Å²) < 4.78 is 1.83. The lowest BCUT2D eigenvalue weighted by atomic mass is 10.0. The minimum atomic E-state index is -0.454. The van der Waals surface area contributed by atoms with Crippen molar-refractivity contribution in [3.63, 3.8) is 0 Å². The molecule has 5 nitrogen and oxygen atoms in total. The summed E-state index contributed by atoms with van der Waals surface area (Å²) in [5.41, 5.74) is 0.723. The van der Waals surface area contributed by atoms with E-state index in [1.807, 2.05) is 11.6 Å². The van der Waals surface area contributed by atoms with Crippen LogP contribution in [0.3, 0.4) is 0 Å². The van der Waals surface area contributed by atoms with Crippen LogP contribution in [0.5, 0.6) is 0 Å². The maximum atomic E-state index is 11.9. The largest absolute Gasteiger partial charge is 0.331 e. The third kappa shape index (κ3) is 1.40. The van der Waals surface area contributed by atoms with Gasteiger partial charge in [0.25, 0.3) is 5.56 Å². The molecule has 0 aromatic carbocycles. The average molecular weight is 243 g/mol. The molecule has 18 heavy (non-hydrogen) atoms. The minimum absolute atomic E-state index is 0.258. The molecule has 1 fully saturated rings. The van der Waals surface area contributed by atoms with Gasteiger partial charge in [-0.25, -0.2) is 0 Å². The maximum Gasteiger partial charge on any atom is 0.280 e. The number of fused-ring (bicyclic) bond motifs is 1. The van der Waals surface area contributed by atoms with Crippen molar-refractivity contribution in [2.24, 2.45) is 7.05 Å². The van der Waals surface area contributed by atoms with Gasteiger partial charge in [0.2, 0.25) is 0 Å². The van der Waals surface area contributed by atoms with Crippen molar-refractivity contribution >= 4 is 17.2 Å². The van der Waals surface area contributed by atoms with Gasteiger partial charge in [0.1, 0.15) is 12.1 Å². The normalized spacial score (nSPS) is 16.8. The summed E-state index contributed by atoms with van der Waals surface area (Å²) in [5, 5.41) is 0.529. The fourth-order valence-corrected chi connectivity index (χ4v) is 2.18. The smallest absolute Gasteiger partial charge is 0.280 e. The molecule has 0 amide bonds. The van der Waals surface area contributed by atoms with E-state index in [2.05, 4.69) is 9.97 Å². The highest BCUT2D eigenvalue weighted by Gasteiger charge is 2.45. The lowest BCUT2D eigenvalue weighted by Gasteiger charge is -2.10. The van der Waals surface area contributed by atoms with Crippen molar-refractivity contribution in [2.75, 3.05) is 0 Å². The molecule has 0 unspecified atom stereocenters. The second-order valence-corrected chi connectivity index (χ2v) is 4.88. The highest BCUT2D eigenvalue weighted by molar-refractivity contribution is 5.80. The van der Waals surface area contributed by atoms with Gasteiger partial charge in [-0.3, -0.25) is 9.78 Å². The highest BCUT2D eigenvalue weighted by Crippen LogP contribution is 2.45. The van der Waals surface area contributed by atoms with Crippen LogP contribution in [0.4, 0.5) is 0 Å². The number of hydrogen-bond donors (Lipinski definition) is 0. The molecule has 92 valence electrons. The Morgan fingerprint density at radius 2 is 2.17 bits per heavy atom. The van der Waals surface area contributed by atoms with Gasteiger partial charge in [-0.2, -0.15) is 4.98 Å². The molecule has 1 saturated carbocycles. The predicted molar refractivity (Wildman–Crippen MR) is 66.5 cm³/mol. The molecule has 0 bridgehead atoms. The van der Waals surface area contributed by atoms with E-state index in [1.54, 1.807) is 19.2 Å². The Morgan fingerprint density at radius 3 is 2.78 bits per heavy atom. The van der Waals surface area contributed by atoms with Crippen molar-refractivity contribution in [1.29, 1.82) is 0 Å². The van der Waals surface area contributed by atoms with Crippen LogP contribution < -0.4 is 5.56 Å². The van der Waals surface area contributed by atoms with E-state index >= 15 is 0 Å². The minimum Gasteiger partial charge on any atom is -0.331 e. The summed E-state index contributed by atoms with van der Waals surface area (Å²) in [6.45, 7) is 1.78. The van der Waals surface area contributed by atoms with Crippen LogP contribution in [0.2, 0.25) is 0 Å². The summed E-state index contributed by atoms with van der Waals surface area (Å²) in [5.74, 6) is 0.651. The van der Waals surface area contributed by atoms with Crippen LogP contribution in [0.15, 0.2) is 17.1 Å². The Hall–Kier alpha value is -2.04. The summed E-state index contributed by atoms with van der Waals surface area (Å²) in [6.07, 6.45) is 4.22. The topological polar surface area (TPSA) is 64.8 Å². The first-order chi connectivity index (χ1) is 8.57. The number of rotatable bonds is 2. The zero-order chi connectivity index (χ0) is 12.9. The molecule has 0 radical (unpaired) electrons. The van der Waals surface area contributed by atoms with Crippen molar-refractivity contribution in [3.8, 4) is 0 Å². The molecule has 2 heterocycles. The van der Waals surface area contributed by atoms with Gasteiger partial charge >= 0.3 is 0 Å². The van der Waals surface area contributed by atoms with E-state index in [0.29, 0.717) is 16.9 Å². The first kappa shape index (κ1) is 11.1. The SMILES string of the molecule is Cc1nc(=O)c2cc(C3(C=O)CC3)ncc2n1C. The number of aldehydes is 1. The summed E-state index contributed by atoms with van der Waals surface area (Å²) >= 11 is 0. The van der Waals surface area contributed by atoms with Crippen LogP contribution in [0.25, 0.3) is 10.9 Å². The van der Waals surface area contributed by atoms with Gasteiger partial charge in [0.05, 0.1) is 28.2 Å². The fourth-order valence-electron chi connectivity index (χ4n) is 2.18. The molecule has 3 rings (SSSR count). The number of nitrogens with zero attached hydrogens (tertiary/aromatic N) is 3. The van der Waals surface area contributed by atoms with Crippen LogP contribution in [0, 0.1) is 6.92 Å². The number of hydrogen-bond acceptors (Lipinski definition) is 4. The average Bonchev–Trinajstić information content (AvgIpc) is 3.16. The van der Waals surface area contributed by atoms with E-state index in [4.69, 9.17) is 0 Å². The lowest BCUT2D eigenvalue weighted by Crippen LogP contribution is -2.17. The molecule has 0 spiro atoms. The second-order valence-electron chi connectivity index (χ2n) is 4.88. The summed E-state index contributed by atoms with van der Waals surface area (Å²) in [6, 6.07) is 1.71. The van der Waals surface area contributed by atoms with E-state index < -0.39 is 5.41 Å². The van der Waals surface area contributed by atoms with Crippen LogP contribution in [-0.4, -0.2) is 20.8 Å². The van der Waals surface area contributed by atoms with Crippen LogP contribution in [0.1, 0.15) is 24.4 Å². The van der Waals surface area contributed by atoms with E-state index in [-0.39, 0.29) is 5.56 Å². The number of pyridine rings is 1. The third-order valence-corrected chi connectivity index (χ3v) is 3.75. The number of carbonyl (C=O) groups is 1. The first-order valence-corrected chi connectivity index (χ1v) is 5.88. The van der Waals surface area contributed by atoms with Crippen molar-refractivity contribution < 1.29 is 4.79 Å².